The van der Waals surface area contributed by atoms with Gasteiger partial charge in [-0.2, -0.15) is 0 Å². The molecule has 0 aliphatic rings. The summed E-state index contributed by atoms with van der Waals surface area (Å²) >= 11 is 0. The number of carboxylic acid groups (broad SMARTS) is 1. The Morgan fingerprint density at radius 2 is 2.05 bits per heavy atom. The fraction of sp³-hybridized carbons (Fsp3) is 0.231. The zero-order valence-corrected chi connectivity index (χ0v) is 11.8. The minimum Gasteiger partial charge on any atom is -0.478 e. The second kappa shape index (κ2) is 6.37. The highest BCUT2D eigenvalue weighted by Gasteiger charge is 2.24. The van der Waals surface area contributed by atoms with Crippen molar-refractivity contribution in [1.82, 2.24) is 5.32 Å². The lowest BCUT2D eigenvalue weighted by molar-refractivity contribution is -0.118. The van der Waals surface area contributed by atoms with Crippen LogP contribution in [0, 0.1) is 25.1 Å². The third kappa shape index (κ3) is 4.03. The van der Waals surface area contributed by atoms with Gasteiger partial charge in [0.2, 0.25) is 5.91 Å². The Hall–Kier alpha value is -2.40. The number of halogens is 1. The molecule has 112 valence electrons. The highest BCUT2D eigenvalue weighted by molar-refractivity contribution is 7.92. The molecule has 0 heterocycles. The van der Waals surface area contributed by atoms with E-state index in [1.165, 1.54) is 6.92 Å². The van der Waals surface area contributed by atoms with E-state index in [0.717, 1.165) is 12.1 Å². The molecule has 1 aromatic carbocycles. The quantitative estimate of drug-likeness (QED) is 0.764. The topological polar surface area (TPSA) is 101 Å². The number of carbonyl (C=O) groups is 2. The summed E-state index contributed by atoms with van der Waals surface area (Å²) in [6, 6.07) is 1.54. The van der Waals surface area contributed by atoms with Crippen molar-refractivity contribution in [3.8, 4) is 12.3 Å². The minimum absolute atomic E-state index is 0.142. The molecule has 0 saturated heterocycles. The Morgan fingerprint density at radius 1 is 1.43 bits per heavy atom. The maximum Gasteiger partial charge on any atom is 0.335 e. The number of benzene rings is 1. The molecular formula is C13H12FNO5S. The Labute approximate surface area is 120 Å². The SMILES string of the molecule is C#CCNC(=O)CS(=O)(=O)c1cc(C(=O)O)cc(F)c1C. The molecule has 0 aliphatic carbocycles. The Bertz CT molecular complexity index is 734. The number of nitrogens with one attached hydrogen (secondary N) is 1. The number of carbonyl (C=O) groups excluding carboxylic acids is 1. The van der Waals surface area contributed by atoms with E-state index in [1.807, 2.05) is 0 Å². The summed E-state index contributed by atoms with van der Waals surface area (Å²) < 4.78 is 37.8. The third-order valence-corrected chi connectivity index (χ3v) is 4.32. The number of sulfone groups is 1. The molecule has 0 unspecified atom stereocenters. The van der Waals surface area contributed by atoms with Gasteiger partial charge in [0.25, 0.3) is 0 Å². The Morgan fingerprint density at radius 3 is 2.57 bits per heavy atom. The Kier molecular flexibility index (Phi) is 5.05. The summed E-state index contributed by atoms with van der Waals surface area (Å²) in [4.78, 5) is 21.7. The average Bonchev–Trinajstić information content (AvgIpc) is 2.38. The molecule has 2 N–H and O–H groups in total. The average molecular weight is 313 g/mol. The van der Waals surface area contributed by atoms with Gasteiger partial charge in [-0.15, -0.1) is 6.42 Å². The lowest BCUT2D eigenvalue weighted by Gasteiger charge is -2.09. The van der Waals surface area contributed by atoms with Crippen LogP contribution >= 0.6 is 0 Å². The molecule has 0 bridgehead atoms. The fourth-order valence-corrected chi connectivity index (χ4v) is 3.02. The second-order valence-electron chi connectivity index (χ2n) is 4.13. The van der Waals surface area contributed by atoms with E-state index in [0.29, 0.717) is 0 Å². The number of rotatable bonds is 5. The molecule has 1 rings (SSSR count). The molecule has 1 aromatic rings. The fourth-order valence-electron chi connectivity index (χ4n) is 1.55. The van der Waals surface area contributed by atoms with Crippen LogP contribution < -0.4 is 5.32 Å². The summed E-state index contributed by atoms with van der Waals surface area (Å²) in [5.41, 5.74) is -0.759. The van der Waals surface area contributed by atoms with Crippen molar-refractivity contribution in [2.75, 3.05) is 12.3 Å². The van der Waals surface area contributed by atoms with Crippen LogP contribution in [-0.2, 0) is 14.6 Å². The highest BCUT2D eigenvalue weighted by Crippen LogP contribution is 2.22. The zero-order valence-electron chi connectivity index (χ0n) is 11.0. The van der Waals surface area contributed by atoms with Crippen LogP contribution in [-0.4, -0.2) is 37.7 Å². The standard InChI is InChI=1S/C13H12FNO5S/c1-3-4-15-12(16)7-21(19,20)11-6-9(13(17)18)5-10(14)8(11)2/h1,5-6H,4,7H2,2H3,(H,15,16)(H,17,18). The van der Waals surface area contributed by atoms with Crippen LogP contribution in [0.1, 0.15) is 15.9 Å². The van der Waals surface area contributed by atoms with Crippen LogP contribution in [0.15, 0.2) is 17.0 Å². The first kappa shape index (κ1) is 16.7. The molecule has 0 aromatic heterocycles. The van der Waals surface area contributed by atoms with E-state index >= 15 is 0 Å². The zero-order chi connectivity index (χ0) is 16.2. The van der Waals surface area contributed by atoms with Crippen LogP contribution in [0.3, 0.4) is 0 Å². The van der Waals surface area contributed by atoms with Crippen molar-refractivity contribution in [3.05, 3.63) is 29.1 Å². The van der Waals surface area contributed by atoms with E-state index in [2.05, 4.69) is 11.2 Å². The molecule has 1 amide bonds. The summed E-state index contributed by atoms with van der Waals surface area (Å²) in [7, 11) is -4.18. The predicted octanol–water partition coefficient (Wildman–Crippen LogP) is 0.355. The van der Waals surface area contributed by atoms with Gasteiger partial charge >= 0.3 is 5.97 Å². The maximum absolute atomic E-state index is 13.6. The molecule has 0 radical (unpaired) electrons. The van der Waals surface area contributed by atoms with Crippen molar-refractivity contribution in [1.29, 1.82) is 0 Å². The van der Waals surface area contributed by atoms with E-state index in [1.54, 1.807) is 0 Å². The number of hydrogen-bond acceptors (Lipinski definition) is 4. The molecule has 0 fully saturated rings. The second-order valence-corrected chi connectivity index (χ2v) is 6.08. The van der Waals surface area contributed by atoms with Gasteiger partial charge in [0.05, 0.1) is 17.0 Å². The van der Waals surface area contributed by atoms with Crippen molar-refractivity contribution in [2.24, 2.45) is 0 Å². The van der Waals surface area contributed by atoms with Crippen LogP contribution in [0.2, 0.25) is 0 Å². The first-order valence-electron chi connectivity index (χ1n) is 5.65. The van der Waals surface area contributed by atoms with E-state index < -0.39 is 43.7 Å². The monoisotopic (exact) mass is 313 g/mol. The number of hydrogen-bond donors (Lipinski definition) is 2. The smallest absolute Gasteiger partial charge is 0.335 e. The van der Waals surface area contributed by atoms with Crippen molar-refractivity contribution in [3.63, 3.8) is 0 Å². The number of aromatic carboxylic acids is 1. The molecule has 8 heteroatoms. The minimum atomic E-state index is -4.18. The van der Waals surface area contributed by atoms with Gasteiger partial charge in [-0.3, -0.25) is 4.79 Å². The predicted molar refractivity (Wildman–Crippen MR) is 72.0 cm³/mol. The summed E-state index contributed by atoms with van der Waals surface area (Å²) in [6.07, 6.45) is 4.92. The lowest BCUT2D eigenvalue weighted by Crippen LogP contribution is -2.30. The molecule has 0 atom stereocenters. The number of amides is 1. The molecule has 0 spiro atoms. The molecule has 21 heavy (non-hydrogen) atoms. The van der Waals surface area contributed by atoms with Gasteiger partial charge < -0.3 is 10.4 Å². The summed E-state index contributed by atoms with van der Waals surface area (Å²) in [5.74, 6) is -2.14. The summed E-state index contributed by atoms with van der Waals surface area (Å²) in [6.45, 7) is 1.05. The van der Waals surface area contributed by atoms with Gasteiger partial charge in [0.1, 0.15) is 11.6 Å². The van der Waals surface area contributed by atoms with Gasteiger partial charge in [-0.1, -0.05) is 5.92 Å². The third-order valence-electron chi connectivity index (χ3n) is 2.59. The normalized spacial score (nSPS) is 10.7. The van der Waals surface area contributed by atoms with Gasteiger partial charge in [0, 0.05) is 5.56 Å². The first-order chi connectivity index (χ1) is 9.69. The Balaban J connectivity index is 3.22. The molecular weight excluding hydrogens is 301 g/mol. The highest BCUT2D eigenvalue weighted by atomic mass is 32.2. The molecule has 0 saturated carbocycles. The number of terminal acetylenes is 1. The molecule has 6 nitrogen and oxygen atoms in total. The van der Waals surface area contributed by atoms with E-state index in [9.17, 15) is 22.4 Å². The van der Waals surface area contributed by atoms with Crippen LogP contribution in [0.25, 0.3) is 0 Å². The van der Waals surface area contributed by atoms with Crippen LogP contribution in [0.4, 0.5) is 4.39 Å². The van der Waals surface area contributed by atoms with Gasteiger partial charge in [-0.25, -0.2) is 17.6 Å². The molecule has 0 aliphatic heterocycles. The first-order valence-corrected chi connectivity index (χ1v) is 7.30. The maximum atomic E-state index is 13.6. The van der Waals surface area contributed by atoms with Gasteiger partial charge in [0.15, 0.2) is 9.84 Å². The largest absolute Gasteiger partial charge is 0.478 e. The van der Waals surface area contributed by atoms with E-state index in [4.69, 9.17) is 11.5 Å². The number of carboxylic acids is 1. The van der Waals surface area contributed by atoms with Crippen LogP contribution in [0.5, 0.6) is 0 Å². The van der Waals surface area contributed by atoms with Crippen molar-refractivity contribution in [2.45, 2.75) is 11.8 Å². The van der Waals surface area contributed by atoms with E-state index in [-0.39, 0.29) is 12.1 Å². The van der Waals surface area contributed by atoms with Gasteiger partial charge in [-0.05, 0) is 19.1 Å². The lowest BCUT2D eigenvalue weighted by atomic mass is 10.1. The van der Waals surface area contributed by atoms with Crippen molar-refractivity contribution < 1.29 is 27.5 Å². The van der Waals surface area contributed by atoms with Crippen molar-refractivity contribution >= 4 is 21.7 Å². The summed E-state index contributed by atoms with van der Waals surface area (Å²) in [5, 5.41) is 11.0.